The van der Waals surface area contributed by atoms with Crippen LogP contribution < -0.4 is 0 Å². The Morgan fingerprint density at radius 3 is 2.23 bits per heavy atom. The Hall–Kier alpha value is -0.330. The zero-order valence-electron chi connectivity index (χ0n) is 7.26. The number of halogens is 3. The largest absolute Gasteiger partial charge is 0.393 e. The van der Waals surface area contributed by atoms with Crippen molar-refractivity contribution in [3.8, 4) is 0 Å². The Kier molecular flexibility index (Phi) is 4.66. The van der Waals surface area contributed by atoms with E-state index in [1.165, 1.54) is 6.92 Å². The molecule has 0 fully saturated rings. The van der Waals surface area contributed by atoms with E-state index in [4.69, 9.17) is 10.2 Å². The fourth-order valence-electron chi connectivity index (χ4n) is 0.526. The van der Waals surface area contributed by atoms with Crippen LogP contribution in [0.4, 0.5) is 13.2 Å². The summed E-state index contributed by atoms with van der Waals surface area (Å²) < 4.78 is 39.2. The molecule has 0 amide bonds. The number of hydrogen-bond donors (Lipinski definition) is 2. The molecule has 1 unspecified atom stereocenters. The molecule has 0 saturated heterocycles. The molecule has 1 atom stereocenters. The molecule has 0 spiro atoms. The lowest BCUT2D eigenvalue weighted by Crippen LogP contribution is -2.35. The molecule has 2 N–H and O–H groups in total. The predicted octanol–water partition coefficient (Wildman–Crippen LogP) is 0.699. The first-order chi connectivity index (χ1) is 5.77. The van der Waals surface area contributed by atoms with Crippen LogP contribution in [0.15, 0.2) is 0 Å². The zero-order chi connectivity index (χ0) is 10.5. The van der Waals surface area contributed by atoms with Crippen LogP contribution in [0.2, 0.25) is 0 Å². The first-order valence-corrected chi connectivity index (χ1v) is 3.74. The van der Waals surface area contributed by atoms with Gasteiger partial charge in [0.25, 0.3) is 0 Å². The summed E-state index contributed by atoms with van der Waals surface area (Å²) in [5.74, 6) is 0. The third-order valence-electron chi connectivity index (χ3n) is 1.28. The molecule has 3 nitrogen and oxygen atoms in total. The van der Waals surface area contributed by atoms with E-state index in [9.17, 15) is 13.2 Å². The van der Waals surface area contributed by atoms with E-state index in [2.05, 4.69) is 4.74 Å². The Morgan fingerprint density at radius 1 is 1.31 bits per heavy atom. The van der Waals surface area contributed by atoms with Crippen molar-refractivity contribution in [3.63, 3.8) is 0 Å². The van der Waals surface area contributed by atoms with E-state index in [1.54, 1.807) is 0 Å². The van der Waals surface area contributed by atoms with Gasteiger partial charge in [-0.25, -0.2) is 0 Å². The summed E-state index contributed by atoms with van der Waals surface area (Å²) in [6.45, 7) is -0.0706. The third kappa shape index (κ3) is 8.01. The standard InChI is InChI=1S/C7H13F3O3/c1-6(12,4-11)5-13-3-2-7(8,9)10/h11-12H,2-5H2,1H3. The van der Waals surface area contributed by atoms with Crippen LogP contribution in [0.5, 0.6) is 0 Å². The van der Waals surface area contributed by atoms with E-state index >= 15 is 0 Å². The van der Waals surface area contributed by atoms with Gasteiger partial charge in [-0.05, 0) is 6.92 Å². The number of aliphatic hydroxyl groups is 2. The van der Waals surface area contributed by atoms with Gasteiger partial charge < -0.3 is 14.9 Å². The van der Waals surface area contributed by atoms with Crippen molar-refractivity contribution in [1.82, 2.24) is 0 Å². The highest BCUT2D eigenvalue weighted by Gasteiger charge is 2.27. The van der Waals surface area contributed by atoms with Crippen LogP contribution in [0.25, 0.3) is 0 Å². The third-order valence-corrected chi connectivity index (χ3v) is 1.28. The number of hydrogen-bond acceptors (Lipinski definition) is 3. The number of alkyl halides is 3. The van der Waals surface area contributed by atoms with Gasteiger partial charge in [0.2, 0.25) is 0 Å². The van der Waals surface area contributed by atoms with Crippen molar-refractivity contribution in [1.29, 1.82) is 0 Å². The van der Waals surface area contributed by atoms with Gasteiger partial charge in [-0.3, -0.25) is 0 Å². The monoisotopic (exact) mass is 202 g/mol. The molecule has 0 aliphatic rings. The van der Waals surface area contributed by atoms with Gasteiger partial charge in [-0.2, -0.15) is 13.2 Å². The lowest BCUT2D eigenvalue weighted by Gasteiger charge is -2.20. The van der Waals surface area contributed by atoms with E-state index in [0.717, 1.165) is 0 Å². The van der Waals surface area contributed by atoms with Crippen LogP contribution in [0, 0.1) is 0 Å². The summed E-state index contributed by atoms with van der Waals surface area (Å²) in [7, 11) is 0. The van der Waals surface area contributed by atoms with Gasteiger partial charge in [0, 0.05) is 0 Å². The van der Waals surface area contributed by atoms with E-state index in [1.807, 2.05) is 0 Å². The molecule has 0 aromatic rings. The average molecular weight is 202 g/mol. The molecule has 6 heteroatoms. The minimum atomic E-state index is -4.24. The van der Waals surface area contributed by atoms with Gasteiger partial charge >= 0.3 is 6.18 Å². The first-order valence-electron chi connectivity index (χ1n) is 3.74. The maximum Gasteiger partial charge on any atom is 0.391 e. The molecule has 0 rings (SSSR count). The van der Waals surface area contributed by atoms with Gasteiger partial charge in [0.1, 0.15) is 5.60 Å². The fraction of sp³-hybridized carbons (Fsp3) is 1.00. The fourth-order valence-corrected chi connectivity index (χ4v) is 0.526. The second-order valence-electron chi connectivity index (χ2n) is 3.07. The van der Waals surface area contributed by atoms with Crippen LogP contribution in [0.1, 0.15) is 13.3 Å². The molecule has 0 bridgehead atoms. The van der Waals surface area contributed by atoms with Gasteiger partial charge in [-0.1, -0.05) is 0 Å². The Morgan fingerprint density at radius 2 is 1.85 bits per heavy atom. The minimum Gasteiger partial charge on any atom is -0.393 e. The van der Waals surface area contributed by atoms with Crippen LogP contribution in [-0.4, -0.2) is 41.8 Å². The molecule has 13 heavy (non-hydrogen) atoms. The second-order valence-corrected chi connectivity index (χ2v) is 3.07. The molecular weight excluding hydrogens is 189 g/mol. The number of aliphatic hydroxyl groups excluding tert-OH is 1. The minimum absolute atomic E-state index is 0.306. The molecule has 0 saturated carbocycles. The highest BCUT2D eigenvalue weighted by Crippen LogP contribution is 2.19. The summed E-state index contributed by atoms with van der Waals surface area (Å²) in [5, 5.41) is 17.6. The van der Waals surface area contributed by atoms with Gasteiger partial charge in [-0.15, -0.1) is 0 Å². The highest BCUT2D eigenvalue weighted by atomic mass is 19.4. The van der Waals surface area contributed by atoms with Crippen LogP contribution in [-0.2, 0) is 4.74 Å². The molecule has 80 valence electrons. The highest BCUT2D eigenvalue weighted by molar-refractivity contribution is 4.69. The van der Waals surface area contributed by atoms with Gasteiger partial charge in [0.15, 0.2) is 0 Å². The van der Waals surface area contributed by atoms with E-state index in [-0.39, 0.29) is 6.61 Å². The molecular formula is C7H13F3O3. The van der Waals surface area contributed by atoms with Crippen LogP contribution in [0.3, 0.4) is 0 Å². The second kappa shape index (κ2) is 4.78. The van der Waals surface area contributed by atoms with Gasteiger partial charge in [0.05, 0.1) is 26.2 Å². The quantitative estimate of drug-likeness (QED) is 0.645. The average Bonchev–Trinajstić information content (AvgIpc) is 1.97. The summed E-state index contributed by atoms with van der Waals surface area (Å²) in [6, 6.07) is 0. The molecule has 0 aromatic heterocycles. The summed E-state index contributed by atoms with van der Waals surface area (Å²) in [4.78, 5) is 0. The topological polar surface area (TPSA) is 49.7 Å². The SMILES string of the molecule is CC(O)(CO)COCCC(F)(F)F. The zero-order valence-corrected chi connectivity index (χ0v) is 7.26. The van der Waals surface area contributed by atoms with Crippen LogP contribution >= 0.6 is 0 Å². The van der Waals surface area contributed by atoms with Crippen molar-refractivity contribution in [2.45, 2.75) is 25.1 Å². The smallest absolute Gasteiger partial charge is 0.391 e. The molecule has 0 aliphatic carbocycles. The normalized spacial score (nSPS) is 17.1. The van der Waals surface area contributed by atoms with Crippen molar-refractivity contribution in [2.75, 3.05) is 19.8 Å². The van der Waals surface area contributed by atoms with Crippen molar-refractivity contribution >= 4 is 0 Å². The maximum atomic E-state index is 11.6. The number of ether oxygens (including phenoxy) is 1. The lowest BCUT2D eigenvalue weighted by atomic mass is 10.1. The maximum absolute atomic E-state index is 11.6. The molecule has 0 heterocycles. The molecule has 0 aromatic carbocycles. The summed E-state index contributed by atoms with van der Waals surface area (Å²) in [6.07, 6.45) is -5.29. The molecule has 0 aliphatic heterocycles. The van der Waals surface area contributed by atoms with E-state index < -0.39 is 31.4 Å². The van der Waals surface area contributed by atoms with Crippen molar-refractivity contribution in [2.24, 2.45) is 0 Å². The number of rotatable bonds is 5. The first kappa shape index (κ1) is 12.7. The van der Waals surface area contributed by atoms with Crippen molar-refractivity contribution < 1.29 is 28.1 Å². The summed E-state index contributed by atoms with van der Waals surface area (Å²) in [5.41, 5.74) is -1.47. The van der Waals surface area contributed by atoms with E-state index in [0.29, 0.717) is 0 Å². The lowest BCUT2D eigenvalue weighted by molar-refractivity contribution is -0.152. The summed E-state index contributed by atoms with van der Waals surface area (Å²) >= 11 is 0. The molecule has 0 radical (unpaired) electrons. The Bertz CT molecular complexity index is 144. The Balaban J connectivity index is 3.47. The predicted molar refractivity (Wildman–Crippen MR) is 39.2 cm³/mol. The van der Waals surface area contributed by atoms with Crippen molar-refractivity contribution in [3.05, 3.63) is 0 Å². The Labute approximate surface area is 74.1 Å².